The number of allylic oxidation sites excluding steroid dienone is 2. The van der Waals surface area contributed by atoms with E-state index in [1.807, 2.05) is 0 Å². The van der Waals surface area contributed by atoms with Gasteiger partial charge in [0.1, 0.15) is 5.78 Å². The SMILES string of the molecule is CC[C@H](/C=C/[C@@H](C)[C@H]1CC[C@H]2[C@@H]3[C@H](O)C[C@H]4CC(=O)CC[C@]4(C)[C@H]3C[C@@H](O)[C@]12CO)C(C)C. The highest BCUT2D eigenvalue weighted by Gasteiger charge is 2.67. The number of carbonyl (C=O) groups is 1. The number of aliphatic hydroxyl groups excluding tert-OH is 3. The number of hydrogen-bond donors (Lipinski definition) is 3. The summed E-state index contributed by atoms with van der Waals surface area (Å²) in [6, 6.07) is 0. The molecule has 4 saturated carbocycles. The van der Waals surface area contributed by atoms with Crippen LogP contribution in [0.5, 0.6) is 0 Å². The third kappa shape index (κ3) is 3.96. The maximum absolute atomic E-state index is 12.2. The Balaban J connectivity index is 1.63. The van der Waals surface area contributed by atoms with Gasteiger partial charge in [-0.3, -0.25) is 4.79 Å². The van der Waals surface area contributed by atoms with Gasteiger partial charge in [-0.15, -0.1) is 0 Å². The van der Waals surface area contributed by atoms with E-state index >= 15 is 0 Å². The fourth-order valence-electron chi connectivity index (χ4n) is 9.25. The summed E-state index contributed by atoms with van der Waals surface area (Å²) in [7, 11) is 0. The normalized spacial score (nSPS) is 47.3. The lowest BCUT2D eigenvalue weighted by molar-refractivity contribution is -0.213. The fourth-order valence-corrected chi connectivity index (χ4v) is 9.25. The van der Waals surface area contributed by atoms with Crippen molar-refractivity contribution in [3.63, 3.8) is 0 Å². The first-order valence-corrected chi connectivity index (χ1v) is 13.8. The van der Waals surface area contributed by atoms with Gasteiger partial charge in [0.05, 0.1) is 18.8 Å². The molecule has 4 aliphatic rings. The summed E-state index contributed by atoms with van der Waals surface area (Å²) in [5.41, 5.74) is -0.519. The molecule has 0 saturated heterocycles. The molecule has 0 aromatic heterocycles. The van der Waals surface area contributed by atoms with Gasteiger partial charge in [-0.1, -0.05) is 46.8 Å². The monoisotopic (exact) mass is 460 g/mol. The van der Waals surface area contributed by atoms with Gasteiger partial charge in [0, 0.05) is 18.3 Å². The van der Waals surface area contributed by atoms with Gasteiger partial charge in [0.25, 0.3) is 0 Å². The molecule has 0 radical (unpaired) electrons. The predicted molar refractivity (Wildman–Crippen MR) is 131 cm³/mol. The molecule has 3 N–H and O–H groups in total. The number of Topliss-reactive ketones (excluding diaryl/α,β-unsaturated/α-hetero) is 1. The van der Waals surface area contributed by atoms with Crippen molar-refractivity contribution in [2.75, 3.05) is 6.61 Å². The first-order chi connectivity index (χ1) is 15.6. The van der Waals surface area contributed by atoms with Crippen molar-refractivity contribution < 1.29 is 20.1 Å². The topological polar surface area (TPSA) is 77.8 Å². The lowest BCUT2D eigenvalue weighted by Gasteiger charge is -2.63. The number of fused-ring (bicyclic) bond motifs is 5. The van der Waals surface area contributed by atoms with Crippen molar-refractivity contribution in [2.45, 2.75) is 98.2 Å². The van der Waals surface area contributed by atoms with E-state index in [-0.39, 0.29) is 47.5 Å². The molecule has 4 aliphatic carbocycles. The van der Waals surface area contributed by atoms with Crippen LogP contribution in [0.2, 0.25) is 0 Å². The fraction of sp³-hybridized carbons (Fsp3) is 0.897. The average Bonchev–Trinajstić information content (AvgIpc) is 3.16. The number of hydrogen-bond acceptors (Lipinski definition) is 4. The number of aliphatic hydroxyl groups is 3. The van der Waals surface area contributed by atoms with E-state index in [1.165, 1.54) is 0 Å². The zero-order chi connectivity index (χ0) is 24.1. The molecule has 0 amide bonds. The highest BCUT2D eigenvalue weighted by atomic mass is 16.3. The second kappa shape index (κ2) is 9.39. The van der Waals surface area contributed by atoms with Crippen LogP contribution in [-0.4, -0.2) is 39.9 Å². The molecule has 4 rings (SSSR count). The van der Waals surface area contributed by atoms with Crippen LogP contribution in [0.15, 0.2) is 12.2 Å². The molecule has 0 bridgehead atoms. The molecule has 0 aromatic carbocycles. The van der Waals surface area contributed by atoms with Gasteiger partial charge >= 0.3 is 0 Å². The van der Waals surface area contributed by atoms with Crippen LogP contribution in [-0.2, 0) is 4.79 Å². The van der Waals surface area contributed by atoms with Gasteiger partial charge in [-0.25, -0.2) is 0 Å². The average molecular weight is 461 g/mol. The van der Waals surface area contributed by atoms with Crippen LogP contribution in [0.4, 0.5) is 0 Å². The second-order valence-electron chi connectivity index (χ2n) is 12.8. The molecular weight excluding hydrogens is 412 g/mol. The van der Waals surface area contributed by atoms with Crippen molar-refractivity contribution in [3.8, 4) is 0 Å². The van der Waals surface area contributed by atoms with Crippen LogP contribution >= 0.6 is 0 Å². The van der Waals surface area contributed by atoms with Crippen LogP contribution in [0.3, 0.4) is 0 Å². The largest absolute Gasteiger partial charge is 0.396 e. The molecule has 188 valence electrons. The summed E-state index contributed by atoms with van der Waals surface area (Å²) in [5.74, 6) is 2.74. The first-order valence-electron chi connectivity index (χ1n) is 13.8. The quantitative estimate of drug-likeness (QED) is 0.487. The van der Waals surface area contributed by atoms with Crippen LogP contribution in [0, 0.1) is 58.2 Å². The summed E-state index contributed by atoms with van der Waals surface area (Å²) in [6.07, 6.45) is 10.3. The predicted octanol–water partition coefficient (Wildman–Crippen LogP) is 5.00. The zero-order valence-electron chi connectivity index (χ0n) is 21.5. The van der Waals surface area contributed by atoms with Crippen molar-refractivity contribution in [1.82, 2.24) is 0 Å². The van der Waals surface area contributed by atoms with Gasteiger partial charge in [0.2, 0.25) is 0 Å². The summed E-state index contributed by atoms with van der Waals surface area (Å²) in [5, 5.41) is 34.0. The van der Waals surface area contributed by atoms with E-state index in [0.717, 1.165) is 25.7 Å². The van der Waals surface area contributed by atoms with E-state index in [9.17, 15) is 20.1 Å². The molecule has 0 aromatic rings. The first kappa shape index (κ1) is 25.4. The molecule has 4 nitrogen and oxygen atoms in total. The third-order valence-corrected chi connectivity index (χ3v) is 11.3. The lowest BCUT2D eigenvalue weighted by Crippen LogP contribution is -2.63. The highest BCUT2D eigenvalue weighted by Crippen LogP contribution is 2.68. The summed E-state index contributed by atoms with van der Waals surface area (Å²) < 4.78 is 0. The Hall–Kier alpha value is -0.710. The molecule has 4 fully saturated rings. The summed E-state index contributed by atoms with van der Waals surface area (Å²) in [4.78, 5) is 12.2. The Morgan fingerprint density at radius 1 is 1.09 bits per heavy atom. The van der Waals surface area contributed by atoms with Gasteiger partial charge in [0.15, 0.2) is 0 Å². The molecule has 33 heavy (non-hydrogen) atoms. The molecule has 0 aliphatic heterocycles. The highest BCUT2D eigenvalue weighted by molar-refractivity contribution is 5.79. The lowest BCUT2D eigenvalue weighted by atomic mass is 9.43. The summed E-state index contributed by atoms with van der Waals surface area (Å²) in [6.45, 7) is 11.4. The maximum atomic E-state index is 12.2. The molecule has 0 spiro atoms. The zero-order valence-corrected chi connectivity index (χ0v) is 21.5. The third-order valence-electron chi connectivity index (χ3n) is 11.3. The van der Waals surface area contributed by atoms with Crippen molar-refractivity contribution in [1.29, 1.82) is 0 Å². The van der Waals surface area contributed by atoms with E-state index in [0.29, 0.717) is 43.3 Å². The minimum absolute atomic E-state index is 0.00235. The number of ketones is 1. The molecule has 0 heterocycles. The van der Waals surface area contributed by atoms with Crippen molar-refractivity contribution >= 4 is 5.78 Å². The van der Waals surface area contributed by atoms with E-state index in [4.69, 9.17) is 0 Å². The van der Waals surface area contributed by atoms with Gasteiger partial charge in [-0.05, 0) is 91.3 Å². The van der Waals surface area contributed by atoms with E-state index < -0.39 is 17.6 Å². The van der Waals surface area contributed by atoms with Crippen LogP contribution < -0.4 is 0 Å². The molecule has 0 unspecified atom stereocenters. The smallest absolute Gasteiger partial charge is 0.133 e. The Labute approximate surface area is 201 Å². The van der Waals surface area contributed by atoms with Crippen LogP contribution in [0.25, 0.3) is 0 Å². The minimum atomic E-state index is -0.551. The van der Waals surface area contributed by atoms with Crippen molar-refractivity contribution in [3.05, 3.63) is 12.2 Å². The Kier molecular flexibility index (Phi) is 7.22. The minimum Gasteiger partial charge on any atom is -0.396 e. The number of rotatable bonds is 6. The summed E-state index contributed by atoms with van der Waals surface area (Å²) >= 11 is 0. The van der Waals surface area contributed by atoms with E-state index in [1.54, 1.807) is 0 Å². The molecular formula is C29H48O4. The number of carbonyl (C=O) groups excluding carboxylic acids is 1. The second-order valence-corrected chi connectivity index (χ2v) is 12.8. The molecule has 11 atom stereocenters. The standard InChI is InChI=1S/C29H48O4/c1-6-19(17(2)3)8-7-18(4)22-9-10-23-27-24(15-26(33)29(22,23)16-30)28(5)12-11-21(31)13-20(28)14-25(27)32/h7-8,17-20,22-27,30,32-33H,6,9-16H2,1-5H3/b8-7+/t18-,19-,20-,22-,23+,24+,25-,26-,27+,28+,29-/m1/s1. The van der Waals surface area contributed by atoms with E-state index in [2.05, 4.69) is 46.8 Å². The Morgan fingerprint density at radius 3 is 2.45 bits per heavy atom. The Bertz CT molecular complexity index is 746. The van der Waals surface area contributed by atoms with Gasteiger partial charge < -0.3 is 15.3 Å². The molecule has 4 heteroatoms. The van der Waals surface area contributed by atoms with Crippen molar-refractivity contribution in [2.24, 2.45) is 58.2 Å². The van der Waals surface area contributed by atoms with Gasteiger partial charge in [-0.2, -0.15) is 0 Å². The Morgan fingerprint density at radius 2 is 1.82 bits per heavy atom. The van der Waals surface area contributed by atoms with Crippen LogP contribution in [0.1, 0.15) is 86.0 Å². The maximum Gasteiger partial charge on any atom is 0.133 e.